The van der Waals surface area contributed by atoms with Crippen molar-refractivity contribution in [2.24, 2.45) is 5.92 Å². The van der Waals surface area contributed by atoms with Gasteiger partial charge in [0.1, 0.15) is 6.04 Å². The Morgan fingerprint density at radius 1 is 1.18 bits per heavy atom. The first-order chi connectivity index (χ1) is 8.06. The van der Waals surface area contributed by atoms with Gasteiger partial charge in [-0.15, -0.1) is 0 Å². The molecule has 1 aromatic carbocycles. The fourth-order valence-corrected chi connectivity index (χ4v) is 1.85. The van der Waals surface area contributed by atoms with Crippen molar-refractivity contribution in [2.75, 3.05) is 7.11 Å². The zero-order valence-electron chi connectivity index (χ0n) is 10.9. The van der Waals surface area contributed by atoms with Crippen molar-refractivity contribution in [3.8, 4) is 0 Å². The van der Waals surface area contributed by atoms with Crippen LogP contribution in [-0.2, 0) is 9.53 Å². The molecule has 0 amide bonds. The summed E-state index contributed by atoms with van der Waals surface area (Å²) in [5.74, 6) is 0.177. The van der Waals surface area contributed by atoms with Crippen molar-refractivity contribution < 1.29 is 9.53 Å². The largest absolute Gasteiger partial charge is 0.468 e. The van der Waals surface area contributed by atoms with Gasteiger partial charge < -0.3 is 4.74 Å². The number of hydrogen-bond donors (Lipinski definition) is 1. The quantitative estimate of drug-likeness (QED) is 0.797. The van der Waals surface area contributed by atoms with Gasteiger partial charge in [0.05, 0.1) is 7.11 Å². The minimum absolute atomic E-state index is 0.158. The predicted octanol–water partition coefficient (Wildman–Crippen LogP) is 2.53. The molecule has 0 aliphatic heterocycles. The summed E-state index contributed by atoms with van der Waals surface area (Å²) in [5, 5.41) is 3.31. The van der Waals surface area contributed by atoms with Crippen LogP contribution in [0, 0.1) is 5.92 Å². The molecule has 0 aromatic heterocycles. The van der Waals surface area contributed by atoms with Crippen molar-refractivity contribution in [1.82, 2.24) is 5.32 Å². The molecule has 3 heteroatoms. The van der Waals surface area contributed by atoms with E-state index in [0.29, 0.717) is 5.92 Å². The summed E-state index contributed by atoms with van der Waals surface area (Å²) >= 11 is 0. The second kappa shape index (κ2) is 6.40. The number of carbonyl (C=O) groups is 1. The number of methoxy groups -OCH3 is 1. The highest BCUT2D eigenvalue weighted by atomic mass is 16.5. The first kappa shape index (κ1) is 13.7. The van der Waals surface area contributed by atoms with Crippen LogP contribution < -0.4 is 5.32 Å². The van der Waals surface area contributed by atoms with Gasteiger partial charge in [-0.25, -0.2) is 0 Å². The second-order valence-corrected chi connectivity index (χ2v) is 4.54. The van der Waals surface area contributed by atoms with Gasteiger partial charge in [-0.2, -0.15) is 0 Å². The highest BCUT2D eigenvalue weighted by molar-refractivity contribution is 5.75. The van der Waals surface area contributed by atoms with E-state index in [1.165, 1.54) is 12.7 Å². The Kier molecular flexibility index (Phi) is 5.16. The maximum absolute atomic E-state index is 11.4. The summed E-state index contributed by atoms with van der Waals surface area (Å²) in [6.07, 6.45) is 0. The van der Waals surface area contributed by atoms with E-state index in [2.05, 4.69) is 31.3 Å². The molecule has 1 aromatic rings. The standard InChI is InChI=1S/C14H21NO2/c1-10(2)13(12-8-6-5-7-9-12)15-11(3)14(16)17-4/h5-11,13,15H,1-4H3. The topological polar surface area (TPSA) is 38.3 Å². The molecular weight excluding hydrogens is 214 g/mol. The molecule has 0 bridgehead atoms. The molecule has 0 spiro atoms. The Balaban J connectivity index is 2.78. The van der Waals surface area contributed by atoms with Crippen molar-refractivity contribution in [2.45, 2.75) is 32.9 Å². The molecule has 0 aliphatic carbocycles. The van der Waals surface area contributed by atoms with Crippen LogP contribution in [0.15, 0.2) is 30.3 Å². The van der Waals surface area contributed by atoms with Gasteiger partial charge >= 0.3 is 5.97 Å². The average Bonchev–Trinajstić information content (AvgIpc) is 2.35. The maximum atomic E-state index is 11.4. The molecule has 0 heterocycles. The van der Waals surface area contributed by atoms with E-state index in [1.807, 2.05) is 25.1 Å². The SMILES string of the molecule is COC(=O)C(C)NC(c1ccccc1)C(C)C. The number of benzene rings is 1. The van der Waals surface area contributed by atoms with Crippen molar-refractivity contribution in [3.05, 3.63) is 35.9 Å². The average molecular weight is 235 g/mol. The Hall–Kier alpha value is -1.35. The van der Waals surface area contributed by atoms with Gasteiger partial charge in [-0.1, -0.05) is 44.2 Å². The van der Waals surface area contributed by atoms with Gasteiger partial charge in [0.25, 0.3) is 0 Å². The van der Waals surface area contributed by atoms with Crippen LogP contribution >= 0.6 is 0 Å². The first-order valence-corrected chi connectivity index (χ1v) is 5.95. The third-order valence-electron chi connectivity index (χ3n) is 2.81. The maximum Gasteiger partial charge on any atom is 0.322 e. The lowest BCUT2D eigenvalue weighted by molar-refractivity contribution is -0.142. The fraction of sp³-hybridized carbons (Fsp3) is 0.500. The van der Waals surface area contributed by atoms with Crippen LogP contribution in [0.4, 0.5) is 0 Å². The zero-order chi connectivity index (χ0) is 12.8. The summed E-state index contributed by atoms with van der Waals surface area (Å²) in [6, 6.07) is 10.0. The molecule has 0 saturated heterocycles. The zero-order valence-corrected chi connectivity index (χ0v) is 10.9. The minimum atomic E-state index is -0.299. The van der Waals surface area contributed by atoms with Crippen molar-refractivity contribution in [3.63, 3.8) is 0 Å². The molecule has 1 N–H and O–H groups in total. The van der Waals surface area contributed by atoms with Crippen LogP contribution in [0.25, 0.3) is 0 Å². The van der Waals surface area contributed by atoms with Crippen molar-refractivity contribution in [1.29, 1.82) is 0 Å². The molecular formula is C14H21NO2. The lowest BCUT2D eigenvalue weighted by Gasteiger charge is -2.25. The summed E-state index contributed by atoms with van der Waals surface area (Å²) < 4.78 is 4.73. The summed E-state index contributed by atoms with van der Waals surface area (Å²) in [7, 11) is 1.41. The molecule has 3 nitrogen and oxygen atoms in total. The molecule has 1 rings (SSSR count). The van der Waals surface area contributed by atoms with Gasteiger partial charge in [0, 0.05) is 6.04 Å². The van der Waals surface area contributed by atoms with E-state index in [0.717, 1.165) is 0 Å². The summed E-state index contributed by atoms with van der Waals surface area (Å²) in [6.45, 7) is 6.09. The molecule has 2 atom stereocenters. The number of ether oxygens (including phenoxy) is 1. The van der Waals surface area contributed by atoms with Crippen LogP contribution in [0.3, 0.4) is 0 Å². The third-order valence-corrected chi connectivity index (χ3v) is 2.81. The van der Waals surface area contributed by atoms with Gasteiger partial charge in [-0.3, -0.25) is 10.1 Å². The Bertz CT molecular complexity index is 348. The first-order valence-electron chi connectivity index (χ1n) is 5.95. The molecule has 0 saturated carbocycles. The van der Waals surface area contributed by atoms with Crippen LogP contribution in [-0.4, -0.2) is 19.1 Å². The Morgan fingerprint density at radius 3 is 2.24 bits per heavy atom. The summed E-state index contributed by atoms with van der Waals surface area (Å²) in [4.78, 5) is 11.4. The molecule has 0 fully saturated rings. The number of esters is 1. The second-order valence-electron chi connectivity index (χ2n) is 4.54. The van der Waals surface area contributed by atoms with Gasteiger partial charge in [0.15, 0.2) is 0 Å². The van der Waals surface area contributed by atoms with Gasteiger partial charge in [-0.05, 0) is 18.4 Å². The molecule has 0 radical (unpaired) electrons. The third kappa shape index (κ3) is 3.86. The van der Waals surface area contributed by atoms with E-state index in [-0.39, 0.29) is 18.1 Å². The monoisotopic (exact) mass is 235 g/mol. The fourth-order valence-electron chi connectivity index (χ4n) is 1.85. The molecule has 17 heavy (non-hydrogen) atoms. The molecule has 94 valence electrons. The lowest BCUT2D eigenvalue weighted by Crippen LogP contribution is -2.39. The minimum Gasteiger partial charge on any atom is -0.468 e. The van der Waals surface area contributed by atoms with E-state index < -0.39 is 0 Å². The van der Waals surface area contributed by atoms with Gasteiger partial charge in [0.2, 0.25) is 0 Å². The normalized spacial score (nSPS) is 14.4. The van der Waals surface area contributed by atoms with Crippen LogP contribution in [0.1, 0.15) is 32.4 Å². The number of carbonyl (C=O) groups excluding carboxylic acids is 1. The highest BCUT2D eigenvalue weighted by Gasteiger charge is 2.21. The van der Waals surface area contributed by atoms with Crippen molar-refractivity contribution >= 4 is 5.97 Å². The summed E-state index contributed by atoms with van der Waals surface area (Å²) in [5.41, 5.74) is 1.19. The van der Waals surface area contributed by atoms with E-state index >= 15 is 0 Å². The van der Waals surface area contributed by atoms with Crippen LogP contribution in [0.5, 0.6) is 0 Å². The van der Waals surface area contributed by atoms with E-state index in [9.17, 15) is 4.79 Å². The Labute approximate surface area is 103 Å². The predicted molar refractivity (Wildman–Crippen MR) is 68.6 cm³/mol. The number of rotatable bonds is 5. The highest BCUT2D eigenvalue weighted by Crippen LogP contribution is 2.21. The van der Waals surface area contributed by atoms with E-state index in [1.54, 1.807) is 0 Å². The lowest BCUT2D eigenvalue weighted by atomic mass is 9.95. The number of nitrogens with one attached hydrogen (secondary N) is 1. The Morgan fingerprint density at radius 2 is 1.76 bits per heavy atom. The molecule has 2 unspecified atom stereocenters. The van der Waals surface area contributed by atoms with E-state index in [4.69, 9.17) is 4.74 Å². The molecule has 0 aliphatic rings. The smallest absolute Gasteiger partial charge is 0.322 e. The van der Waals surface area contributed by atoms with Crippen LogP contribution in [0.2, 0.25) is 0 Å². The number of hydrogen-bond acceptors (Lipinski definition) is 3.